The first-order valence-electron chi connectivity index (χ1n) is 7.21. The van der Waals surface area contributed by atoms with Gasteiger partial charge in [0.2, 0.25) is 0 Å². The molecule has 3 rings (SSSR count). The van der Waals surface area contributed by atoms with Crippen LogP contribution in [0.25, 0.3) is 0 Å². The van der Waals surface area contributed by atoms with Crippen molar-refractivity contribution in [2.75, 3.05) is 45.9 Å². The van der Waals surface area contributed by atoms with Gasteiger partial charge in [0, 0.05) is 31.6 Å². The SMILES string of the molecule is CC1(CN2CCOCC3(CCC3)C2)CCNC1.Cl. The number of ether oxygens (including phenoxy) is 1. The maximum absolute atomic E-state index is 5.82. The molecule has 106 valence electrons. The van der Waals surface area contributed by atoms with E-state index in [4.69, 9.17) is 4.74 Å². The summed E-state index contributed by atoms with van der Waals surface area (Å²) in [6.45, 7) is 10.4. The quantitative estimate of drug-likeness (QED) is 0.833. The van der Waals surface area contributed by atoms with Crippen LogP contribution in [0.4, 0.5) is 0 Å². The van der Waals surface area contributed by atoms with Crippen LogP contribution in [0, 0.1) is 10.8 Å². The van der Waals surface area contributed by atoms with Crippen LogP contribution in [0.2, 0.25) is 0 Å². The van der Waals surface area contributed by atoms with Crippen LogP contribution in [-0.2, 0) is 4.74 Å². The Labute approximate surface area is 117 Å². The van der Waals surface area contributed by atoms with Gasteiger partial charge in [-0.05, 0) is 31.2 Å². The lowest BCUT2D eigenvalue weighted by Gasteiger charge is -2.44. The third kappa shape index (κ3) is 3.01. The first kappa shape index (κ1) is 14.6. The van der Waals surface area contributed by atoms with Crippen LogP contribution in [0.5, 0.6) is 0 Å². The van der Waals surface area contributed by atoms with E-state index in [1.54, 1.807) is 0 Å². The molecule has 18 heavy (non-hydrogen) atoms. The molecule has 3 aliphatic rings. The van der Waals surface area contributed by atoms with Crippen molar-refractivity contribution in [3.8, 4) is 0 Å². The number of halogens is 1. The van der Waals surface area contributed by atoms with Crippen molar-refractivity contribution in [1.82, 2.24) is 10.2 Å². The van der Waals surface area contributed by atoms with Crippen LogP contribution in [-0.4, -0.2) is 50.8 Å². The number of nitrogens with one attached hydrogen (secondary N) is 1. The van der Waals surface area contributed by atoms with Gasteiger partial charge in [-0.15, -0.1) is 12.4 Å². The minimum Gasteiger partial charge on any atom is -0.379 e. The first-order valence-corrected chi connectivity index (χ1v) is 7.21. The minimum atomic E-state index is 0. The van der Waals surface area contributed by atoms with Gasteiger partial charge in [0.25, 0.3) is 0 Å². The fourth-order valence-corrected chi connectivity index (χ4v) is 3.74. The van der Waals surface area contributed by atoms with Crippen LogP contribution in [0.1, 0.15) is 32.6 Å². The standard InChI is InChI=1S/C14H26N2O.ClH/c1-13(5-6-15-9-13)10-16-7-8-17-12-14(11-16)3-2-4-14;/h15H,2-12H2,1H3;1H. The molecule has 0 radical (unpaired) electrons. The monoisotopic (exact) mass is 274 g/mol. The van der Waals surface area contributed by atoms with Gasteiger partial charge in [0.05, 0.1) is 13.2 Å². The Bertz CT molecular complexity index is 275. The lowest BCUT2D eigenvalue weighted by atomic mass is 9.69. The van der Waals surface area contributed by atoms with E-state index >= 15 is 0 Å². The molecule has 1 spiro atoms. The summed E-state index contributed by atoms with van der Waals surface area (Å²) in [5, 5.41) is 3.51. The highest BCUT2D eigenvalue weighted by Crippen LogP contribution is 2.43. The highest BCUT2D eigenvalue weighted by atomic mass is 35.5. The number of rotatable bonds is 2. The van der Waals surface area contributed by atoms with E-state index in [0.29, 0.717) is 10.8 Å². The van der Waals surface area contributed by atoms with E-state index in [1.165, 1.54) is 51.9 Å². The van der Waals surface area contributed by atoms with Gasteiger partial charge in [-0.2, -0.15) is 0 Å². The van der Waals surface area contributed by atoms with E-state index < -0.39 is 0 Å². The van der Waals surface area contributed by atoms with Crippen LogP contribution >= 0.6 is 12.4 Å². The molecular formula is C14H27ClN2O. The molecule has 3 nitrogen and oxygen atoms in total. The molecule has 0 bridgehead atoms. The normalized spacial score (nSPS) is 35.8. The molecule has 2 aliphatic heterocycles. The van der Waals surface area contributed by atoms with Crippen molar-refractivity contribution in [2.45, 2.75) is 32.6 Å². The van der Waals surface area contributed by atoms with Gasteiger partial charge >= 0.3 is 0 Å². The lowest BCUT2D eigenvalue weighted by Crippen LogP contribution is -2.46. The molecule has 2 heterocycles. The average Bonchev–Trinajstić information content (AvgIpc) is 2.55. The summed E-state index contributed by atoms with van der Waals surface area (Å²) in [5.41, 5.74) is 1.02. The highest BCUT2D eigenvalue weighted by Gasteiger charge is 2.41. The summed E-state index contributed by atoms with van der Waals surface area (Å²) in [4.78, 5) is 2.68. The van der Waals surface area contributed by atoms with E-state index in [2.05, 4.69) is 17.1 Å². The van der Waals surface area contributed by atoms with Crippen LogP contribution in [0.3, 0.4) is 0 Å². The van der Waals surface area contributed by atoms with Crippen molar-refractivity contribution in [2.24, 2.45) is 10.8 Å². The largest absolute Gasteiger partial charge is 0.379 e. The molecule has 1 atom stereocenters. The molecular weight excluding hydrogens is 248 g/mol. The highest BCUT2D eigenvalue weighted by molar-refractivity contribution is 5.85. The van der Waals surface area contributed by atoms with Crippen molar-refractivity contribution < 1.29 is 4.74 Å². The van der Waals surface area contributed by atoms with Crippen LogP contribution < -0.4 is 5.32 Å². The van der Waals surface area contributed by atoms with E-state index in [-0.39, 0.29) is 12.4 Å². The number of hydrogen-bond acceptors (Lipinski definition) is 3. The molecule has 1 saturated carbocycles. The maximum atomic E-state index is 5.82. The Morgan fingerprint density at radius 2 is 2.11 bits per heavy atom. The Hall–Kier alpha value is 0.170. The van der Waals surface area contributed by atoms with E-state index in [1.807, 2.05) is 0 Å². The van der Waals surface area contributed by atoms with Gasteiger partial charge in [-0.25, -0.2) is 0 Å². The Kier molecular flexibility index (Phi) is 4.58. The zero-order valence-electron chi connectivity index (χ0n) is 11.5. The fourth-order valence-electron chi connectivity index (χ4n) is 3.74. The second kappa shape index (κ2) is 5.66. The zero-order valence-corrected chi connectivity index (χ0v) is 12.4. The van der Waals surface area contributed by atoms with Gasteiger partial charge in [-0.1, -0.05) is 13.3 Å². The number of nitrogens with zero attached hydrogens (tertiary/aromatic N) is 1. The second-order valence-electron chi connectivity index (χ2n) is 6.85. The predicted octanol–water partition coefficient (Wildman–Crippen LogP) is 1.91. The molecule has 4 heteroatoms. The van der Waals surface area contributed by atoms with Crippen molar-refractivity contribution >= 4 is 12.4 Å². The van der Waals surface area contributed by atoms with Crippen LogP contribution in [0.15, 0.2) is 0 Å². The second-order valence-corrected chi connectivity index (χ2v) is 6.85. The molecule has 0 amide bonds. The van der Waals surface area contributed by atoms with Crippen molar-refractivity contribution in [3.63, 3.8) is 0 Å². The summed E-state index contributed by atoms with van der Waals surface area (Å²) in [5.74, 6) is 0. The van der Waals surface area contributed by atoms with Gasteiger partial charge < -0.3 is 10.1 Å². The smallest absolute Gasteiger partial charge is 0.0593 e. The molecule has 1 N–H and O–H groups in total. The summed E-state index contributed by atoms with van der Waals surface area (Å²) < 4.78 is 5.82. The third-order valence-electron chi connectivity index (χ3n) is 5.00. The molecule has 1 unspecified atom stereocenters. The summed E-state index contributed by atoms with van der Waals surface area (Å²) >= 11 is 0. The van der Waals surface area contributed by atoms with Crippen molar-refractivity contribution in [3.05, 3.63) is 0 Å². The first-order chi connectivity index (χ1) is 8.20. The topological polar surface area (TPSA) is 24.5 Å². The molecule has 2 saturated heterocycles. The van der Waals surface area contributed by atoms with E-state index in [0.717, 1.165) is 19.8 Å². The fraction of sp³-hybridized carbons (Fsp3) is 1.00. The summed E-state index contributed by atoms with van der Waals surface area (Å²) in [6.07, 6.45) is 5.52. The molecule has 0 aromatic rings. The maximum Gasteiger partial charge on any atom is 0.0593 e. The average molecular weight is 275 g/mol. The lowest BCUT2D eigenvalue weighted by molar-refractivity contribution is 0.00739. The van der Waals surface area contributed by atoms with Gasteiger partial charge in [-0.3, -0.25) is 4.90 Å². The molecule has 1 aliphatic carbocycles. The Morgan fingerprint density at radius 1 is 1.28 bits per heavy atom. The number of hydrogen-bond donors (Lipinski definition) is 1. The summed E-state index contributed by atoms with van der Waals surface area (Å²) in [7, 11) is 0. The zero-order chi connectivity index (χ0) is 11.8. The Morgan fingerprint density at radius 3 is 2.72 bits per heavy atom. The predicted molar refractivity (Wildman–Crippen MR) is 76.4 cm³/mol. The van der Waals surface area contributed by atoms with E-state index in [9.17, 15) is 0 Å². The Balaban J connectivity index is 0.00000120. The summed E-state index contributed by atoms with van der Waals surface area (Å²) in [6, 6.07) is 0. The van der Waals surface area contributed by atoms with Gasteiger partial charge in [0.1, 0.15) is 0 Å². The molecule has 3 fully saturated rings. The van der Waals surface area contributed by atoms with Crippen molar-refractivity contribution in [1.29, 1.82) is 0 Å². The molecule has 0 aromatic heterocycles. The van der Waals surface area contributed by atoms with Gasteiger partial charge in [0.15, 0.2) is 0 Å². The molecule has 0 aromatic carbocycles. The minimum absolute atomic E-state index is 0. The third-order valence-corrected chi connectivity index (χ3v) is 5.00.